The van der Waals surface area contributed by atoms with Crippen molar-refractivity contribution in [2.24, 2.45) is 7.05 Å². The predicted octanol–water partition coefficient (Wildman–Crippen LogP) is 6.42. The molecule has 4 aromatic heterocycles. The van der Waals surface area contributed by atoms with Crippen LogP contribution in [0.2, 0.25) is 0 Å². The Bertz CT molecular complexity index is 1630. The van der Waals surface area contributed by atoms with Crippen molar-refractivity contribution >= 4 is 28.2 Å². The summed E-state index contributed by atoms with van der Waals surface area (Å²) in [5.74, 6) is 3.83. The summed E-state index contributed by atoms with van der Waals surface area (Å²) in [7, 11) is 2.10. The number of para-hydroxylation sites is 2. The van der Waals surface area contributed by atoms with Gasteiger partial charge in [0.05, 0.1) is 24.5 Å². The number of rotatable bonds is 5. The van der Waals surface area contributed by atoms with Crippen molar-refractivity contribution in [3.63, 3.8) is 0 Å². The van der Waals surface area contributed by atoms with Crippen LogP contribution in [0.1, 0.15) is 5.69 Å². The maximum absolute atomic E-state index is 5.14. The van der Waals surface area contributed by atoms with E-state index in [0.29, 0.717) is 0 Å². The Morgan fingerprint density at radius 1 is 0.686 bits per heavy atom. The first kappa shape index (κ1) is 20.9. The number of aromatic nitrogens is 4. The van der Waals surface area contributed by atoms with Crippen LogP contribution in [0.3, 0.4) is 0 Å². The molecule has 0 aliphatic heterocycles. The van der Waals surface area contributed by atoms with Crippen molar-refractivity contribution in [1.29, 1.82) is 0 Å². The Hall–Kier alpha value is -4.64. The first-order chi connectivity index (χ1) is 17.2. The fourth-order valence-electron chi connectivity index (χ4n) is 4.66. The smallest absolute Gasteiger partial charge is 0.234 e. The highest BCUT2D eigenvalue weighted by Crippen LogP contribution is 2.32. The first-order valence-electron chi connectivity index (χ1n) is 11.7. The zero-order chi connectivity index (χ0) is 23.8. The summed E-state index contributed by atoms with van der Waals surface area (Å²) in [6.07, 6.45) is 4.18. The van der Waals surface area contributed by atoms with E-state index < -0.39 is 0 Å². The number of pyridine rings is 2. The molecule has 0 atom stereocenters. The van der Waals surface area contributed by atoms with Gasteiger partial charge < -0.3 is 4.57 Å². The van der Waals surface area contributed by atoms with E-state index in [1.165, 1.54) is 11.1 Å². The third-order valence-electron chi connectivity index (χ3n) is 6.42. The summed E-state index contributed by atoms with van der Waals surface area (Å²) in [5, 5.41) is 1.20. The number of benzene rings is 2. The quantitative estimate of drug-likeness (QED) is 0.280. The van der Waals surface area contributed by atoms with Crippen molar-refractivity contribution in [3.05, 3.63) is 127 Å². The van der Waals surface area contributed by atoms with Gasteiger partial charge in [0.25, 0.3) is 0 Å². The molecule has 6 aromatic rings. The van der Waals surface area contributed by atoms with Crippen LogP contribution in [-0.4, -0.2) is 14.1 Å². The lowest BCUT2D eigenvalue weighted by Gasteiger charge is -2.22. The Labute approximate surface area is 204 Å². The molecule has 0 aliphatic carbocycles. The SMILES string of the molecule is Cc1cccn1-c1cccc(N(c2ccccc2)c2cccc(-n3ccc4ccccc43)n2)[n+]1C. The van der Waals surface area contributed by atoms with Crippen LogP contribution in [0.25, 0.3) is 22.5 Å². The summed E-state index contributed by atoms with van der Waals surface area (Å²) in [6, 6.07) is 37.7. The molecule has 0 saturated carbocycles. The zero-order valence-corrected chi connectivity index (χ0v) is 19.8. The van der Waals surface area contributed by atoms with E-state index in [2.05, 4.69) is 148 Å². The summed E-state index contributed by atoms with van der Waals surface area (Å²) < 4.78 is 6.55. The first-order valence-corrected chi connectivity index (χ1v) is 11.7. The Morgan fingerprint density at radius 2 is 1.49 bits per heavy atom. The minimum Gasteiger partial charge on any atom is -0.301 e. The van der Waals surface area contributed by atoms with Crippen LogP contribution in [-0.2, 0) is 7.05 Å². The van der Waals surface area contributed by atoms with Crippen LogP contribution >= 0.6 is 0 Å². The minimum atomic E-state index is 0.850. The van der Waals surface area contributed by atoms with Gasteiger partial charge in [-0.3, -0.25) is 0 Å². The molecular weight excluding hydrogens is 430 g/mol. The van der Waals surface area contributed by atoms with Crippen LogP contribution in [0.4, 0.5) is 17.3 Å². The molecule has 0 N–H and O–H groups in total. The maximum Gasteiger partial charge on any atom is 0.234 e. The minimum absolute atomic E-state index is 0.850. The Morgan fingerprint density at radius 3 is 2.31 bits per heavy atom. The largest absolute Gasteiger partial charge is 0.301 e. The second-order valence-corrected chi connectivity index (χ2v) is 8.59. The van der Waals surface area contributed by atoms with Crippen molar-refractivity contribution in [2.75, 3.05) is 4.90 Å². The number of fused-ring (bicyclic) bond motifs is 1. The van der Waals surface area contributed by atoms with E-state index in [-0.39, 0.29) is 0 Å². The molecule has 0 saturated heterocycles. The molecule has 5 heteroatoms. The summed E-state index contributed by atoms with van der Waals surface area (Å²) >= 11 is 0. The Kier molecular flexibility index (Phi) is 5.15. The normalized spacial score (nSPS) is 11.1. The summed E-state index contributed by atoms with van der Waals surface area (Å²) in [5.41, 5.74) is 3.37. The molecule has 6 rings (SSSR count). The molecule has 2 aromatic carbocycles. The number of anilines is 3. The van der Waals surface area contributed by atoms with Crippen LogP contribution in [0.15, 0.2) is 122 Å². The average molecular weight is 457 g/mol. The molecule has 0 radical (unpaired) electrons. The van der Waals surface area contributed by atoms with Gasteiger partial charge in [0.1, 0.15) is 11.5 Å². The molecular formula is C30H26N5+. The van der Waals surface area contributed by atoms with Crippen molar-refractivity contribution < 1.29 is 4.57 Å². The van der Waals surface area contributed by atoms with Gasteiger partial charge in [0, 0.05) is 18.3 Å². The molecule has 0 amide bonds. The van der Waals surface area contributed by atoms with E-state index in [9.17, 15) is 0 Å². The highest BCUT2D eigenvalue weighted by molar-refractivity contribution is 5.81. The van der Waals surface area contributed by atoms with E-state index in [4.69, 9.17) is 4.98 Å². The van der Waals surface area contributed by atoms with Gasteiger partial charge in [-0.2, -0.15) is 4.98 Å². The second-order valence-electron chi connectivity index (χ2n) is 8.59. The fourth-order valence-corrected chi connectivity index (χ4v) is 4.66. The topological polar surface area (TPSA) is 29.9 Å². The highest BCUT2D eigenvalue weighted by Gasteiger charge is 2.24. The number of hydrogen-bond acceptors (Lipinski definition) is 2. The molecule has 0 fully saturated rings. The molecule has 0 bridgehead atoms. The standard InChI is InChI=1S/C30H26N5/c1-23-11-10-21-33(23)29-18-9-19-30(32(29)2)35(25-13-4-3-5-14-25)28-17-8-16-27(31-28)34-22-20-24-12-6-7-15-26(24)34/h3-22H,1-2H3/q+1. The average Bonchev–Trinajstić information content (AvgIpc) is 3.52. The van der Waals surface area contributed by atoms with E-state index in [1.54, 1.807) is 0 Å². The monoisotopic (exact) mass is 456 g/mol. The lowest BCUT2D eigenvalue weighted by Crippen LogP contribution is -2.39. The van der Waals surface area contributed by atoms with E-state index in [0.717, 1.165) is 34.5 Å². The molecule has 0 aliphatic rings. The molecule has 5 nitrogen and oxygen atoms in total. The van der Waals surface area contributed by atoms with Gasteiger partial charge in [-0.25, -0.2) is 14.0 Å². The third-order valence-corrected chi connectivity index (χ3v) is 6.42. The molecule has 4 heterocycles. The second kappa shape index (κ2) is 8.61. The van der Waals surface area contributed by atoms with Gasteiger partial charge >= 0.3 is 0 Å². The molecule has 170 valence electrons. The lowest BCUT2D eigenvalue weighted by molar-refractivity contribution is -0.652. The fraction of sp³-hybridized carbons (Fsp3) is 0.0667. The van der Waals surface area contributed by atoms with E-state index >= 15 is 0 Å². The highest BCUT2D eigenvalue weighted by atomic mass is 15.3. The molecule has 0 spiro atoms. The van der Waals surface area contributed by atoms with Crippen molar-refractivity contribution in [2.45, 2.75) is 6.92 Å². The molecule has 35 heavy (non-hydrogen) atoms. The number of aryl methyl sites for hydroxylation is 1. The van der Waals surface area contributed by atoms with Crippen molar-refractivity contribution in [1.82, 2.24) is 14.1 Å². The maximum atomic E-state index is 5.14. The van der Waals surface area contributed by atoms with Crippen LogP contribution in [0, 0.1) is 6.92 Å². The van der Waals surface area contributed by atoms with Crippen LogP contribution in [0.5, 0.6) is 0 Å². The summed E-state index contributed by atoms with van der Waals surface area (Å²) in [4.78, 5) is 7.34. The summed E-state index contributed by atoms with van der Waals surface area (Å²) in [6.45, 7) is 2.12. The molecule has 0 unspecified atom stereocenters. The number of hydrogen-bond donors (Lipinski definition) is 0. The van der Waals surface area contributed by atoms with Gasteiger partial charge in [-0.15, -0.1) is 0 Å². The van der Waals surface area contributed by atoms with Gasteiger partial charge in [-0.05, 0) is 66.9 Å². The van der Waals surface area contributed by atoms with Gasteiger partial charge in [-0.1, -0.05) is 42.5 Å². The van der Waals surface area contributed by atoms with Gasteiger partial charge in [0.15, 0.2) is 5.82 Å². The van der Waals surface area contributed by atoms with Gasteiger partial charge in [0.2, 0.25) is 11.6 Å². The van der Waals surface area contributed by atoms with Crippen molar-refractivity contribution in [3.8, 4) is 11.6 Å². The number of nitrogens with zero attached hydrogens (tertiary/aromatic N) is 5. The van der Waals surface area contributed by atoms with Crippen LogP contribution < -0.4 is 9.47 Å². The predicted molar refractivity (Wildman–Crippen MR) is 141 cm³/mol. The Balaban J connectivity index is 1.53. The third kappa shape index (κ3) is 3.67. The van der Waals surface area contributed by atoms with E-state index in [1.807, 2.05) is 6.07 Å². The zero-order valence-electron chi connectivity index (χ0n) is 19.8. The lowest BCUT2D eigenvalue weighted by atomic mass is 10.2.